The van der Waals surface area contributed by atoms with E-state index >= 15 is 0 Å². The number of ether oxygens (including phenoxy) is 3. The van der Waals surface area contributed by atoms with Gasteiger partial charge in [0.25, 0.3) is 0 Å². The van der Waals surface area contributed by atoms with Gasteiger partial charge in [-0.15, -0.1) is 0 Å². The third-order valence-corrected chi connectivity index (χ3v) is 2.84. The summed E-state index contributed by atoms with van der Waals surface area (Å²) in [4.78, 5) is 11.3. The molecule has 1 aromatic carbocycles. The summed E-state index contributed by atoms with van der Waals surface area (Å²) in [6.45, 7) is 3.16. The van der Waals surface area contributed by atoms with Crippen molar-refractivity contribution in [1.82, 2.24) is 5.32 Å². The number of benzene rings is 1. The van der Waals surface area contributed by atoms with Crippen molar-refractivity contribution in [2.24, 2.45) is 0 Å². The van der Waals surface area contributed by atoms with Crippen LogP contribution in [0.4, 0.5) is 4.39 Å². The van der Waals surface area contributed by atoms with Gasteiger partial charge in [0, 0.05) is 20.3 Å². The Balaban J connectivity index is 2.24. The van der Waals surface area contributed by atoms with Gasteiger partial charge < -0.3 is 19.5 Å². The molecule has 0 radical (unpaired) electrons. The minimum absolute atomic E-state index is 0.0483. The molecule has 0 aliphatic rings. The topological polar surface area (TPSA) is 56.8 Å². The molecule has 0 saturated carbocycles. The number of hydrogen-bond acceptors (Lipinski definition) is 5. The van der Waals surface area contributed by atoms with Crippen molar-refractivity contribution in [3.8, 4) is 0 Å². The van der Waals surface area contributed by atoms with Gasteiger partial charge in [0.1, 0.15) is 5.82 Å². The second-order valence-corrected chi connectivity index (χ2v) is 4.44. The van der Waals surface area contributed by atoms with E-state index in [1.807, 2.05) is 0 Å². The molecule has 6 heteroatoms. The molecular weight excluding hydrogens is 277 g/mol. The van der Waals surface area contributed by atoms with E-state index in [9.17, 15) is 9.18 Å². The third kappa shape index (κ3) is 6.66. The predicted molar refractivity (Wildman–Crippen MR) is 76.8 cm³/mol. The summed E-state index contributed by atoms with van der Waals surface area (Å²) in [5.74, 6) is -1.23. The molecule has 0 atom stereocenters. The number of carbonyl (C=O) groups is 1. The van der Waals surface area contributed by atoms with Crippen LogP contribution in [-0.4, -0.2) is 46.6 Å². The molecule has 0 aliphatic heterocycles. The average Bonchev–Trinajstić information content (AvgIpc) is 2.49. The van der Waals surface area contributed by atoms with Gasteiger partial charge in [-0.25, -0.2) is 9.18 Å². The fourth-order valence-corrected chi connectivity index (χ4v) is 1.72. The number of halogens is 1. The van der Waals surface area contributed by atoms with E-state index in [4.69, 9.17) is 9.47 Å². The average molecular weight is 299 g/mol. The molecule has 0 spiro atoms. The van der Waals surface area contributed by atoms with E-state index in [1.54, 1.807) is 13.2 Å². The van der Waals surface area contributed by atoms with Gasteiger partial charge in [-0.2, -0.15) is 0 Å². The first-order valence-corrected chi connectivity index (χ1v) is 6.83. The van der Waals surface area contributed by atoms with E-state index in [2.05, 4.69) is 10.1 Å². The van der Waals surface area contributed by atoms with Crippen LogP contribution in [0.25, 0.3) is 0 Å². The smallest absolute Gasteiger partial charge is 0.340 e. The second-order valence-electron chi connectivity index (χ2n) is 4.44. The van der Waals surface area contributed by atoms with Gasteiger partial charge in [0.2, 0.25) is 0 Å². The standard InChI is InChI=1S/C15H22FNO4/c1-19-8-9-21-7-3-6-17-11-12-4-5-13(14(16)10-12)15(18)20-2/h4-5,10,17H,3,6-9,11H2,1-2H3. The van der Waals surface area contributed by atoms with E-state index < -0.39 is 11.8 Å². The molecule has 0 bridgehead atoms. The molecule has 0 amide bonds. The van der Waals surface area contributed by atoms with Gasteiger partial charge in [-0.3, -0.25) is 0 Å². The molecule has 0 unspecified atom stereocenters. The first-order chi connectivity index (χ1) is 10.2. The lowest BCUT2D eigenvalue weighted by Crippen LogP contribution is -2.17. The molecule has 0 heterocycles. The Morgan fingerprint density at radius 2 is 2.05 bits per heavy atom. The molecule has 0 aliphatic carbocycles. The normalized spacial score (nSPS) is 10.6. The maximum Gasteiger partial charge on any atom is 0.340 e. The molecule has 1 N–H and O–H groups in total. The van der Waals surface area contributed by atoms with E-state index in [0.717, 1.165) is 18.5 Å². The lowest BCUT2D eigenvalue weighted by atomic mass is 10.1. The predicted octanol–water partition coefficient (Wildman–Crippen LogP) is 1.75. The zero-order valence-corrected chi connectivity index (χ0v) is 12.5. The summed E-state index contributed by atoms with van der Waals surface area (Å²) in [5, 5.41) is 3.19. The van der Waals surface area contributed by atoms with Crippen LogP contribution in [0.5, 0.6) is 0 Å². The highest BCUT2D eigenvalue weighted by Gasteiger charge is 2.11. The molecular formula is C15H22FNO4. The number of rotatable bonds is 10. The van der Waals surface area contributed by atoms with Crippen LogP contribution in [-0.2, 0) is 20.8 Å². The van der Waals surface area contributed by atoms with Gasteiger partial charge in [0.05, 0.1) is 25.9 Å². The third-order valence-electron chi connectivity index (χ3n) is 2.84. The Bertz CT molecular complexity index is 440. The van der Waals surface area contributed by atoms with Crippen LogP contribution in [0, 0.1) is 5.82 Å². The van der Waals surface area contributed by atoms with Crippen LogP contribution in [0.15, 0.2) is 18.2 Å². The van der Waals surface area contributed by atoms with Gasteiger partial charge in [0.15, 0.2) is 0 Å². The van der Waals surface area contributed by atoms with Gasteiger partial charge in [-0.1, -0.05) is 6.07 Å². The van der Waals surface area contributed by atoms with Crippen LogP contribution in [0.2, 0.25) is 0 Å². The Hall–Kier alpha value is -1.50. The fraction of sp³-hybridized carbons (Fsp3) is 0.533. The highest BCUT2D eigenvalue weighted by atomic mass is 19.1. The van der Waals surface area contributed by atoms with E-state index in [0.29, 0.717) is 26.4 Å². The number of carbonyl (C=O) groups excluding carboxylic acids is 1. The molecule has 1 rings (SSSR count). The number of esters is 1. The second kappa shape index (κ2) is 10.3. The van der Waals surface area contributed by atoms with Crippen LogP contribution < -0.4 is 5.32 Å². The minimum atomic E-state index is -0.666. The maximum absolute atomic E-state index is 13.7. The summed E-state index contributed by atoms with van der Waals surface area (Å²) >= 11 is 0. The Morgan fingerprint density at radius 1 is 1.24 bits per heavy atom. The first-order valence-electron chi connectivity index (χ1n) is 6.83. The molecule has 1 aromatic rings. The largest absolute Gasteiger partial charge is 0.465 e. The Labute approximate surface area is 124 Å². The zero-order valence-electron chi connectivity index (χ0n) is 12.5. The van der Waals surface area contributed by atoms with Gasteiger partial charge in [-0.05, 0) is 30.7 Å². The number of hydrogen-bond donors (Lipinski definition) is 1. The number of methoxy groups -OCH3 is 2. The summed E-state index contributed by atoms with van der Waals surface area (Å²) in [5.41, 5.74) is 0.730. The van der Waals surface area contributed by atoms with Crippen molar-refractivity contribution < 1.29 is 23.4 Å². The molecule has 0 aromatic heterocycles. The quantitative estimate of drug-likeness (QED) is 0.527. The van der Waals surface area contributed by atoms with Crippen LogP contribution >= 0.6 is 0 Å². The van der Waals surface area contributed by atoms with E-state index in [1.165, 1.54) is 19.2 Å². The summed E-state index contributed by atoms with van der Waals surface area (Å²) < 4.78 is 28.4. The maximum atomic E-state index is 13.7. The van der Waals surface area contributed by atoms with Crippen molar-refractivity contribution in [1.29, 1.82) is 0 Å². The van der Waals surface area contributed by atoms with Gasteiger partial charge >= 0.3 is 5.97 Å². The molecule has 0 saturated heterocycles. The SMILES string of the molecule is COCCOCCCNCc1ccc(C(=O)OC)c(F)c1. The first kappa shape index (κ1) is 17.6. The Morgan fingerprint density at radius 3 is 2.71 bits per heavy atom. The summed E-state index contributed by atoms with van der Waals surface area (Å²) in [6, 6.07) is 4.48. The van der Waals surface area contributed by atoms with Crippen molar-refractivity contribution in [2.75, 3.05) is 40.6 Å². The fourth-order valence-electron chi connectivity index (χ4n) is 1.72. The zero-order chi connectivity index (χ0) is 15.5. The summed E-state index contributed by atoms with van der Waals surface area (Å²) in [7, 11) is 2.86. The monoisotopic (exact) mass is 299 g/mol. The lowest BCUT2D eigenvalue weighted by molar-refractivity contribution is 0.0595. The highest BCUT2D eigenvalue weighted by Crippen LogP contribution is 2.11. The summed E-state index contributed by atoms with van der Waals surface area (Å²) in [6.07, 6.45) is 0.868. The van der Waals surface area contributed by atoms with E-state index in [-0.39, 0.29) is 5.56 Å². The van der Waals surface area contributed by atoms with Crippen molar-refractivity contribution in [2.45, 2.75) is 13.0 Å². The minimum Gasteiger partial charge on any atom is -0.465 e. The lowest BCUT2D eigenvalue weighted by Gasteiger charge is -2.07. The molecule has 5 nitrogen and oxygen atoms in total. The number of nitrogens with one attached hydrogen (secondary N) is 1. The van der Waals surface area contributed by atoms with Crippen molar-refractivity contribution >= 4 is 5.97 Å². The molecule has 0 fully saturated rings. The Kier molecular flexibility index (Phi) is 8.57. The molecule has 21 heavy (non-hydrogen) atoms. The molecule has 118 valence electrons. The van der Waals surface area contributed by atoms with Crippen molar-refractivity contribution in [3.63, 3.8) is 0 Å². The highest BCUT2D eigenvalue weighted by molar-refractivity contribution is 5.89. The van der Waals surface area contributed by atoms with Crippen molar-refractivity contribution in [3.05, 3.63) is 35.1 Å². The van der Waals surface area contributed by atoms with Crippen LogP contribution in [0.3, 0.4) is 0 Å². The van der Waals surface area contributed by atoms with Crippen LogP contribution in [0.1, 0.15) is 22.3 Å².